The number of para-hydroxylation sites is 1. The van der Waals surface area contributed by atoms with E-state index < -0.39 is 0 Å². The van der Waals surface area contributed by atoms with E-state index in [4.69, 9.17) is 4.42 Å². The molecule has 3 rings (SSSR count). The molecule has 0 radical (unpaired) electrons. The maximum atomic E-state index is 11.3. The number of anilines is 1. The van der Waals surface area contributed by atoms with Gasteiger partial charge in [-0.1, -0.05) is 18.2 Å². The van der Waals surface area contributed by atoms with Gasteiger partial charge < -0.3 is 9.73 Å². The molecule has 1 heterocycles. The number of nitrogens with zero attached hydrogens (tertiary/aromatic N) is 1. The van der Waals surface area contributed by atoms with Crippen LogP contribution in [0.2, 0.25) is 0 Å². The van der Waals surface area contributed by atoms with E-state index >= 15 is 0 Å². The van der Waals surface area contributed by atoms with Crippen molar-refractivity contribution in [2.45, 2.75) is 13.8 Å². The van der Waals surface area contributed by atoms with Gasteiger partial charge in [-0.2, -0.15) is 0 Å². The van der Waals surface area contributed by atoms with Crippen molar-refractivity contribution in [3.05, 3.63) is 48.0 Å². The van der Waals surface area contributed by atoms with Gasteiger partial charge in [-0.3, -0.25) is 4.79 Å². The predicted molar refractivity (Wildman–Crippen MR) is 78.5 cm³/mol. The van der Waals surface area contributed by atoms with Crippen LogP contribution in [-0.2, 0) is 4.79 Å². The van der Waals surface area contributed by atoms with E-state index in [0.29, 0.717) is 11.6 Å². The van der Waals surface area contributed by atoms with Crippen LogP contribution in [0.3, 0.4) is 0 Å². The molecule has 4 nitrogen and oxygen atoms in total. The number of hydrogen-bond acceptors (Lipinski definition) is 3. The van der Waals surface area contributed by atoms with Crippen molar-refractivity contribution in [1.29, 1.82) is 0 Å². The molecule has 0 saturated carbocycles. The number of benzene rings is 2. The molecule has 3 aromatic rings. The van der Waals surface area contributed by atoms with Crippen LogP contribution in [0.1, 0.15) is 12.5 Å². The van der Waals surface area contributed by atoms with Crippen molar-refractivity contribution in [1.82, 2.24) is 4.98 Å². The Bertz CT molecular complexity index is 790. The number of rotatable bonds is 2. The summed E-state index contributed by atoms with van der Waals surface area (Å²) in [6.45, 7) is 3.49. The van der Waals surface area contributed by atoms with E-state index in [-0.39, 0.29) is 5.91 Å². The predicted octanol–water partition coefficient (Wildman–Crippen LogP) is 3.76. The molecule has 0 aliphatic rings. The Hall–Kier alpha value is -2.62. The van der Waals surface area contributed by atoms with E-state index in [9.17, 15) is 4.79 Å². The molecule has 2 aromatic carbocycles. The average molecular weight is 266 g/mol. The monoisotopic (exact) mass is 266 g/mol. The summed E-state index contributed by atoms with van der Waals surface area (Å²) in [5, 5.41) is 2.79. The highest BCUT2D eigenvalue weighted by molar-refractivity contribution is 5.93. The lowest BCUT2D eigenvalue weighted by Gasteiger charge is -2.06. The normalized spacial score (nSPS) is 10.7. The number of carbonyl (C=O) groups is 1. The highest BCUT2D eigenvalue weighted by Crippen LogP contribution is 2.30. The van der Waals surface area contributed by atoms with Crippen LogP contribution in [-0.4, -0.2) is 10.9 Å². The number of hydrogen-bond donors (Lipinski definition) is 1. The van der Waals surface area contributed by atoms with Crippen molar-refractivity contribution in [3.8, 4) is 11.5 Å². The first-order valence-corrected chi connectivity index (χ1v) is 6.37. The molecule has 0 spiro atoms. The summed E-state index contributed by atoms with van der Waals surface area (Å²) in [5.74, 6) is 0.388. The Morgan fingerprint density at radius 1 is 1.20 bits per heavy atom. The third kappa shape index (κ3) is 2.28. The number of aryl methyl sites for hydroxylation is 1. The zero-order valence-electron chi connectivity index (χ0n) is 11.3. The number of nitrogens with one attached hydrogen (secondary N) is 1. The van der Waals surface area contributed by atoms with Gasteiger partial charge in [-0.15, -0.1) is 0 Å². The molecule has 100 valence electrons. The number of oxazole rings is 1. The van der Waals surface area contributed by atoms with Crippen molar-refractivity contribution >= 4 is 22.7 Å². The van der Waals surface area contributed by atoms with Gasteiger partial charge >= 0.3 is 0 Å². The van der Waals surface area contributed by atoms with Crippen LogP contribution in [0, 0.1) is 6.92 Å². The smallest absolute Gasteiger partial charge is 0.229 e. The molecule has 0 saturated heterocycles. The number of fused-ring (bicyclic) bond motifs is 1. The Morgan fingerprint density at radius 2 is 2.00 bits per heavy atom. The summed E-state index contributed by atoms with van der Waals surface area (Å²) in [4.78, 5) is 15.7. The number of aromatic nitrogens is 1. The molecule has 0 aliphatic carbocycles. The van der Waals surface area contributed by atoms with Crippen LogP contribution >= 0.6 is 0 Å². The van der Waals surface area contributed by atoms with E-state index in [2.05, 4.69) is 10.3 Å². The van der Waals surface area contributed by atoms with E-state index in [0.717, 1.165) is 22.2 Å². The van der Waals surface area contributed by atoms with Gasteiger partial charge in [0.05, 0.1) is 11.3 Å². The molecule has 1 N–H and O–H groups in total. The van der Waals surface area contributed by atoms with Crippen LogP contribution in [0.15, 0.2) is 46.9 Å². The van der Waals surface area contributed by atoms with Crippen LogP contribution in [0.4, 0.5) is 5.69 Å². The molecule has 0 bridgehead atoms. The topological polar surface area (TPSA) is 55.1 Å². The highest BCUT2D eigenvalue weighted by atomic mass is 16.3. The third-order valence-corrected chi connectivity index (χ3v) is 3.01. The molecule has 0 fully saturated rings. The second-order valence-corrected chi connectivity index (χ2v) is 4.72. The van der Waals surface area contributed by atoms with Crippen LogP contribution in [0.5, 0.6) is 0 Å². The van der Waals surface area contributed by atoms with Gasteiger partial charge in [0.25, 0.3) is 0 Å². The van der Waals surface area contributed by atoms with Gasteiger partial charge in [0.2, 0.25) is 11.8 Å². The van der Waals surface area contributed by atoms with Gasteiger partial charge in [-0.25, -0.2) is 4.98 Å². The Morgan fingerprint density at radius 3 is 2.80 bits per heavy atom. The molecule has 0 aliphatic heterocycles. The SMILES string of the molecule is CC(=O)Nc1ccccc1-c1nc2cc(C)ccc2o1. The summed E-state index contributed by atoms with van der Waals surface area (Å²) in [6, 6.07) is 13.3. The summed E-state index contributed by atoms with van der Waals surface area (Å²) in [7, 11) is 0. The summed E-state index contributed by atoms with van der Waals surface area (Å²) < 4.78 is 5.77. The number of amides is 1. The lowest BCUT2D eigenvalue weighted by atomic mass is 10.1. The van der Waals surface area contributed by atoms with Gasteiger partial charge in [0, 0.05) is 6.92 Å². The van der Waals surface area contributed by atoms with Crippen LogP contribution in [0.25, 0.3) is 22.6 Å². The number of carbonyl (C=O) groups excluding carboxylic acids is 1. The zero-order chi connectivity index (χ0) is 14.1. The first kappa shape index (κ1) is 12.4. The molecule has 0 unspecified atom stereocenters. The molecular weight excluding hydrogens is 252 g/mol. The summed E-state index contributed by atoms with van der Waals surface area (Å²) >= 11 is 0. The first-order valence-electron chi connectivity index (χ1n) is 6.37. The Balaban J connectivity index is 2.13. The van der Waals surface area contributed by atoms with Crippen molar-refractivity contribution in [2.24, 2.45) is 0 Å². The Kier molecular flexibility index (Phi) is 2.99. The van der Waals surface area contributed by atoms with E-state index in [1.54, 1.807) is 0 Å². The summed E-state index contributed by atoms with van der Waals surface area (Å²) in [6.07, 6.45) is 0. The maximum Gasteiger partial charge on any atom is 0.229 e. The van der Waals surface area contributed by atoms with Crippen LogP contribution < -0.4 is 5.32 Å². The molecule has 1 amide bonds. The van der Waals surface area contributed by atoms with Gasteiger partial charge in [0.15, 0.2) is 5.58 Å². The second-order valence-electron chi connectivity index (χ2n) is 4.72. The Labute approximate surface area is 116 Å². The van der Waals surface area contributed by atoms with Crippen molar-refractivity contribution in [3.63, 3.8) is 0 Å². The maximum absolute atomic E-state index is 11.3. The van der Waals surface area contributed by atoms with Crippen molar-refractivity contribution < 1.29 is 9.21 Å². The van der Waals surface area contributed by atoms with Gasteiger partial charge in [-0.05, 0) is 36.8 Å². The minimum atomic E-state index is -0.121. The fourth-order valence-electron chi connectivity index (χ4n) is 2.12. The average Bonchev–Trinajstić information content (AvgIpc) is 2.81. The largest absolute Gasteiger partial charge is 0.436 e. The second kappa shape index (κ2) is 4.81. The lowest BCUT2D eigenvalue weighted by molar-refractivity contribution is -0.114. The fourth-order valence-corrected chi connectivity index (χ4v) is 2.12. The molecule has 0 atom stereocenters. The molecule has 1 aromatic heterocycles. The highest BCUT2D eigenvalue weighted by Gasteiger charge is 2.12. The minimum absolute atomic E-state index is 0.121. The first-order chi connectivity index (χ1) is 9.63. The van der Waals surface area contributed by atoms with E-state index in [1.807, 2.05) is 49.4 Å². The molecule has 20 heavy (non-hydrogen) atoms. The summed E-state index contributed by atoms with van der Waals surface area (Å²) in [5.41, 5.74) is 4.16. The van der Waals surface area contributed by atoms with Gasteiger partial charge in [0.1, 0.15) is 5.52 Å². The lowest BCUT2D eigenvalue weighted by Crippen LogP contribution is -2.06. The standard InChI is InChI=1S/C16H14N2O2/c1-10-7-8-15-14(9-10)18-16(20-15)12-5-3-4-6-13(12)17-11(2)19/h3-9H,1-2H3,(H,17,19). The quantitative estimate of drug-likeness (QED) is 0.768. The van der Waals surface area contributed by atoms with E-state index in [1.165, 1.54) is 6.92 Å². The van der Waals surface area contributed by atoms with Crippen molar-refractivity contribution in [2.75, 3.05) is 5.32 Å². The zero-order valence-corrected chi connectivity index (χ0v) is 11.3. The molecular formula is C16H14N2O2. The molecule has 4 heteroatoms. The minimum Gasteiger partial charge on any atom is -0.436 e. The third-order valence-electron chi connectivity index (χ3n) is 3.01. The fraction of sp³-hybridized carbons (Fsp3) is 0.125.